The Bertz CT molecular complexity index is 770. The van der Waals surface area contributed by atoms with Crippen molar-refractivity contribution in [1.29, 1.82) is 0 Å². The highest BCUT2D eigenvalue weighted by Gasteiger charge is 2.27. The van der Waals surface area contributed by atoms with Gasteiger partial charge in [0.25, 0.3) is 0 Å². The van der Waals surface area contributed by atoms with Crippen molar-refractivity contribution in [2.75, 3.05) is 0 Å². The standard InChI is InChI=1S/C28H36O/c1-3-5-13-23-28(29,24-22-26-17-11-8-12-18-26)27(20-6-4-2)21-14-19-25-15-9-7-10-16-25/h7-12,14-19,21-22,24,29H,3-6,13,20,23H2,1-2H3. The van der Waals surface area contributed by atoms with Gasteiger partial charge in [-0.2, -0.15) is 0 Å². The van der Waals surface area contributed by atoms with E-state index in [1.807, 2.05) is 42.5 Å². The maximum absolute atomic E-state index is 11.7. The fourth-order valence-corrected chi connectivity index (χ4v) is 3.44. The molecule has 0 heterocycles. The highest BCUT2D eigenvalue weighted by atomic mass is 16.3. The topological polar surface area (TPSA) is 20.2 Å². The van der Waals surface area contributed by atoms with Crippen LogP contribution in [0.4, 0.5) is 0 Å². The van der Waals surface area contributed by atoms with Crippen LogP contribution in [0.5, 0.6) is 0 Å². The zero-order valence-corrected chi connectivity index (χ0v) is 18.1. The molecule has 0 radical (unpaired) electrons. The molecule has 0 saturated carbocycles. The summed E-state index contributed by atoms with van der Waals surface area (Å²) in [5.74, 6) is 0. The predicted molar refractivity (Wildman–Crippen MR) is 128 cm³/mol. The lowest BCUT2D eigenvalue weighted by molar-refractivity contribution is 0.113. The van der Waals surface area contributed by atoms with Gasteiger partial charge in [-0.3, -0.25) is 0 Å². The molecule has 0 spiro atoms. The van der Waals surface area contributed by atoms with E-state index in [2.05, 4.69) is 62.4 Å². The molecule has 1 nitrogen and oxygen atoms in total. The number of hydrogen-bond donors (Lipinski definition) is 1. The van der Waals surface area contributed by atoms with Crippen molar-refractivity contribution in [2.45, 2.75) is 64.4 Å². The number of aliphatic hydroxyl groups is 1. The van der Waals surface area contributed by atoms with Gasteiger partial charge in [0.1, 0.15) is 5.60 Å². The Hall–Kier alpha value is -2.38. The van der Waals surface area contributed by atoms with Crippen molar-refractivity contribution in [3.05, 3.63) is 95.6 Å². The lowest BCUT2D eigenvalue weighted by atomic mass is 9.84. The summed E-state index contributed by atoms with van der Waals surface area (Å²) in [6.07, 6.45) is 17.6. The van der Waals surface area contributed by atoms with E-state index in [4.69, 9.17) is 0 Å². The van der Waals surface area contributed by atoms with Gasteiger partial charge in [0.2, 0.25) is 0 Å². The molecule has 0 amide bonds. The molecule has 0 aromatic heterocycles. The Morgan fingerprint density at radius 2 is 1.38 bits per heavy atom. The summed E-state index contributed by atoms with van der Waals surface area (Å²) in [5.41, 5.74) is 2.50. The number of benzene rings is 2. The molecular formula is C28H36O. The summed E-state index contributed by atoms with van der Waals surface area (Å²) in [5, 5.41) is 11.7. The van der Waals surface area contributed by atoms with Gasteiger partial charge >= 0.3 is 0 Å². The van der Waals surface area contributed by atoms with Crippen LogP contribution < -0.4 is 0 Å². The molecule has 0 fully saturated rings. The minimum absolute atomic E-state index is 0.763. The first kappa shape index (κ1) is 22.9. The Morgan fingerprint density at radius 1 is 0.793 bits per heavy atom. The molecule has 1 heteroatoms. The van der Waals surface area contributed by atoms with E-state index >= 15 is 0 Å². The molecule has 0 aliphatic heterocycles. The lowest BCUT2D eigenvalue weighted by Gasteiger charge is -2.28. The second kappa shape index (κ2) is 13.0. The van der Waals surface area contributed by atoms with Crippen LogP contribution in [0, 0.1) is 0 Å². The molecule has 2 aromatic carbocycles. The number of allylic oxidation sites excluding steroid dienone is 2. The highest BCUT2D eigenvalue weighted by Crippen LogP contribution is 2.30. The SMILES string of the molecule is CCCCCC(O)(C=Cc1ccccc1)C(=CC=Cc1ccccc1)CCCC. The largest absolute Gasteiger partial charge is 0.381 e. The first-order chi connectivity index (χ1) is 14.2. The van der Waals surface area contributed by atoms with Gasteiger partial charge in [0.05, 0.1) is 0 Å². The van der Waals surface area contributed by atoms with Gasteiger partial charge in [0, 0.05) is 0 Å². The van der Waals surface area contributed by atoms with Crippen LogP contribution >= 0.6 is 0 Å². The van der Waals surface area contributed by atoms with Crippen molar-refractivity contribution in [3.63, 3.8) is 0 Å². The summed E-state index contributed by atoms with van der Waals surface area (Å²) < 4.78 is 0. The van der Waals surface area contributed by atoms with Gasteiger partial charge in [-0.1, -0.05) is 118 Å². The third-order valence-corrected chi connectivity index (χ3v) is 5.25. The van der Waals surface area contributed by atoms with E-state index in [0.29, 0.717) is 0 Å². The van der Waals surface area contributed by atoms with E-state index < -0.39 is 5.60 Å². The average molecular weight is 389 g/mol. The summed E-state index contributed by atoms with van der Waals surface area (Å²) in [6, 6.07) is 20.6. The normalized spacial score (nSPS) is 14.5. The first-order valence-electron chi connectivity index (χ1n) is 11.1. The van der Waals surface area contributed by atoms with E-state index in [0.717, 1.165) is 56.1 Å². The summed E-state index contributed by atoms with van der Waals surface area (Å²) in [7, 11) is 0. The van der Waals surface area contributed by atoms with Gasteiger partial charge in [-0.25, -0.2) is 0 Å². The maximum atomic E-state index is 11.7. The minimum atomic E-state index is -0.902. The van der Waals surface area contributed by atoms with E-state index in [1.165, 1.54) is 5.56 Å². The molecule has 0 aliphatic carbocycles. The van der Waals surface area contributed by atoms with Gasteiger partial charge < -0.3 is 5.11 Å². The summed E-state index contributed by atoms with van der Waals surface area (Å²) in [4.78, 5) is 0. The van der Waals surface area contributed by atoms with Gasteiger partial charge in [-0.05, 0) is 48.5 Å². The van der Waals surface area contributed by atoms with E-state index in [-0.39, 0.29) is 0 Å². The first-order valence-corrected chi connectivity index (χ1v) is 11.1. The van der Waals surface area contributed by atoms with Crippen LogP contribution in [0.3, 0.4) is 0 Å². The van der Waals surface area contributed by atoms with E-state index in [1.54, 1.807) is 0 Å². The zero-order chi connectivity index (χ0) is 20.8. The maximum Gasteiger partial charge on any atom is 0.104 e. The van der Waals surface area contributed by atoms with Crippen molar-refractivity contribution >= 4 is 12.2 Å². The Kier molecular flexibility index (Phi) is 10.2. The van der Waals surface area contributed by atoms with Crippen molar-refractivity contribution in [3.8, 4) is 0 Å². The fourth-order valence-electron chi connectivity index (χ4n) is 3.44. The third kappa shape index (κ3) is 8.25. The molecule has 0 bridgehead atoms. The van der Waals surface area contributed by atoms with Crippen LogP contribution in [0.25, 0.3) is 12.2 Å². The minimum Gasteiger partial charge on any atom is -0.381 e. The molecule has 2 aromatic rings. The van der Waals surface area contributed by atoms with Crippen molar-refractivity contribution in [2.24, 2.45) is 0 Å². The zero-order valence-electron chi connectivity index (χ0n) is 18.1. The molecule has 0 saturated heterocycles. The molecule has 1 N–H and O–H groups in total. The number of hydrogen-bond acceptors (Lipinski definition) is 1. The summed E-state index contributed by atoms with van der Waals surface area (Å²) >= 11 is 0. The van der Waals surface area contributed by atoms with Gasteiger partial charge in [0.15, 0.2) is 0 Å². The van der Waals surface area contributed by atoms with Gasteiger partial charge in [-0.15, -0.1) is 0 Å². The van der Waals surface area contributed by atoms with Crippen LogP contribution in [-0.4, -0.2) is 10.7 Å². The third-order valence-electron chi connectivity index (χ3n) is 5.25. The quantitative estimate of drug-likeness (QED) is 0.290. The fraction of sp³-hybridized carbons (Fsp3) is 0.357. The molecule has 0 aliphatic rings. The second-order valence-electron chi connectivity index (χ2n) is 7.69. The smallest absolute Gasteiger partial charge is 0.104 e. The second-order valence-corrected chi connectivity index (χ2v) is 7.69. The van der Waals surface area contributed by atoms with Crippen molar-refractivity contribution in [1.82, 2.24) is 0 Å². The molecule has 29 heavy (non-hydrogen) atoms. The van der Waals surface area contributed by atoms with Crippen LogP contribution in [-0.2, 0) is 0 Å². The molecule has 2 rings (SSSR count). The predicted octanol–water partition coefficient (Wildman–Crippen LogP) is 7.84. The van der Waals surface area contributed by atoms with Crippen LogP contribution in [0.2, 0.25) is 0 Å². The molecule has 154 valence electrons. The monoisotopic (exact) mass is 388 g/mol. The molecular weight excluding hydrogens is 352 g/mol. The number of rotatable bonds is 12. The summed E-state index contributed by atoms with van der Waals surface area (Å²) in [6.45, 7) is 4.41. The molecule has 1 atom stereocenters. The van der Waals surface area contributed by atoms with Crippen LogP contribution in [0.1, 0.15) is 69.9 Å². The Labute approximate surface area is 177 Å². The van der Waals surface area contributed by atoms with Crippen LogP contribution in [0.15, 0.2) is 84.5 Å². The van der Waals surface area contributed by atoms with E-state index in [9.17, 15) is 5.11 Å². The number of unbranched alkanes of at least 4 members (excludes halogenated alkanes) is 3. The highest BCUT2D eigenvalue weighted by molar-refractivity contribution is 5.54. The Morgan fingerprint density at radius 3 is 1.97 bits per heavy atom. The average Bonchev–Trinajstić information content (AvgIpc) is 2.76. The van der Waals surface area contributed by atoms with Crippen molar-refractivity contribution < 1.29 is 5.11 Å². The molecule has 1 unspecified atom stereocenters. The lowest BCUT2D eigenvalue weighted by Crippen LogP contribution is -2.29. The Balaban J connectivity index is 2.30.